The van der Waals surface area contributed by atoms with Gasteiger partial charge < -0.3 is 5.32 Å². The van der Waals surface area contributed by atoms with Gasteiger partial charge >= 0.3 is 0 Å². The Morgan fingerprint density at radius 2 is 2.40 bits per heavy atom. The van der Waals surface area contributed by atoms with Gasteiger partial charge in [0, 0.05) is 6.20 Å². The van der Waals surface area contributed by atoms with Gasteiger partial charge in [0.25, 0.3) is 5.91 Å². The molecule has 76 valence electrons. The Hall–Kier alpha value is -1.95. The van der Waals surface area contributed by atoms with Gasteiger partial charge in [-0.3, -0.25) is 4.79 Å². The van der Waals surface area contributed by atoms with Crippen LogP contribution in [-0.4, -0.2) is 21.2 Å². The number of carbonyl (C=O) groups is 1. The van der Waals surface area contributed by atoms with Crippen LogP contribution in [-0.2, 0) is 0 Å². The third kappa shape index (κ3) is 2.10. The van der Waals surface area contributed by atoms with Gasteiger partial charge in [0.05, 0.1) is 5.69 Å². The summed E-state index contributed by atoms with van der Waals surface area (Å²) < 4.78 is 4.29. The topological polar surface area (TPSA) is 80.9 Å². The normalized spacial score (nSPS) is 9.93. The highest BCUT2D eigenvalue weighted by Gasteiger charge is 2.11. The highest BCUT2D eigenvalue weighted by Crippen LogP contribution is 2.17. The van der Waals surface area contributed by atoms with Crippen LogP contribution in [0.1, 0.15) is 10.5 Å². The van der Waals surface area contributed by atoms with E-state index < -0.39 is 5.91 Å². The molecule has 0 radical (unpaired) electrons. The van der Waals surface area contributed by atoms with Crippen molar-refractivity contribution in [3.05, 3.63) is 35.4 Å². The van der Waals surface area contributed by atoms with Crippen molar-refractivity contribution in [1.29, 1.82) is 0 Å². The number of pyridine rings is 1. The Morgan fingerprint density at radius 3 is 3.07 bits per heavy atom. The number of halogens is 1. The van der Waals surface area contributed by atoms with Crippen molar-refractivity contribution in [3.8, 4) is 0 Å². The van der Waals surface area contributed by atoms with Crippen molar-refractivity contribution in [3.63, 3.8) is 0 Å². The molecule has 0 aliphatic heterocycles. The summed E-state index contributed by atoms with van der Waals surface area (Å²) >= 11 is 5.74. The van der Waals surface area contributed by atoms with Crippen LogP contribution in [0.4, 0.5) is 5.69 Å². The highest BCUT2D eigenvalue weighted by atomic mass is 35.5. The van der Waals surface area contributed by atoms with Crippen LogP contribution < -0.4 is 5.32 Å². The molecule has 0 aromatic carbocycles. The minimum atomic E-state index is -0.453. The lowest BCUT2D eigenvalue weighted by Gasteiger charge is -2.02. The van der Waals surface area contributed by atoms with Gasteiger partial charge in [0.2, 0.25) is 0 Å². The zero-order chi connectivity index (χ0) is 10.7. The first-order valence-electron chi connectivity index (χ1n) is 3.97. The molecule has 1 N–H and O–H groups in total. The largest absolute Gasteiger partial charge is 0.318 e. The number of carbonyl (C=O) groups excluding carboxylic acids is 1. The third-order valence-electron chi connectivity index (χ3n) is 1.60. The molecule has 7 heteroatoms. The molecule has 0 saturated carbocycles. The molecule has 0 spiro atoms. The zero-order valence-electron chi connectivity index (χ0n) is 7.35. The molecule has 2 aromatic rings. The quantitative estimate of drug-likeness (QED) is 0.780. The summed E-state index contributed by atoms with van der Waals surface area (Å²) in [7, 11) is 0. The van der Waals surface area contributed by atoms with Gasteiger partial charge in [-0.1, -0.05) is 16.8 Å². The predicted octanol–water partition coefficient (Wildman–Crippen LogP) is 1.37. The van der Waals surface area contributed by atoms with Crippen molar-refractivity contribution in [2.24, 2.45) is 0 Å². The van der Waals surface area contributed by atoms with Gasteiger partial charge in [-0.2, -0.15) is 0 Å². The van der Waals surface area contributed by atoms with Crippen molar-refractivity contribution >= 4 is 23.2 Å². The SMILES string of the molecule is O=C(Nc1cccnc1Cl)c1cnon1. The minimum absolute atomic E-state index is 0.0786. The molecule has 2 rings (SSSR count). The third-order valence-corrected chi connectivity index (χ3v) is 1.90. The summed E-state index contributed by atoms with van der Waals surface area (Å²) in [5.41, 5.74) is 0.488. The number of nitrogens with one attached hydrogen (secondary N) is 1. The maximum Gasteiger partial charge on any atom is 0.279 e. The van der Waals surface area contributed by atoms with Gasteiger partial charge in [0.15, 0.2) is 10.8 Å². The van der Waals surface area contributed by atoms with E-state index in [2.05, 4.69) is 25.2 Å². The first-order chi connectivity index (χ1) is 7.27. The highest BCUT2D eigenvalue weighted by molar-refractivity contribution is 6.32. The Labute approximate surface area is 89.2 Å². The van der Waals surface area contributed by atoms with E-state index in [0.717, 1.165) is 0 Å². The van der Waals surface area contributed by atoms with Gasteiger partial charge in [-0.05, 0) is 17.3 Å². The predicted molar refractivity (Wildman–Crippen MR) is 51.5 cm³/mol. The maximum atomic E-state index is 11.5. The fourth-order valence-corrected chi connectivity index (χ4v) is 1.10. The number of hydrogen-bond acceptors (Lipinski definition) is 5. The summed E-state index contributed by atoms with van der Waals surface area (Å²) in [6.07, 6.45) is 2.73. The molecule has 6 nitrogen and oxygen atoms in total. The van der Waals surface area contributed by atoms with Crippen LogP contribution in [0.2, 0.25) is 5.15 Å². The van der Waals surface area contributed by atoms with Gasteiger partial charge in [0.1, 0.15) is 6.20 Å². The second kappa shape index (κ2) is 4.05. The molecule has 1 amide bonds. The molecule has 15 heavy (non-hydrogen) atoms. The van der Waals surface area contributed by atoms with E-state index in [1.165, 1.54) is 12.4 Å². The molecule has 0 bridgehead atoms. The molecule has 0 saturated heterocycles. The lowest BCUT2D eigenvalue weighted by Crippen LogP contribution is -2.12. The monoisotopic (exact) mass is 224 g/mol. The zero-order valence-corrected chi connectivity index (χ0v) is 8.10. The lowest BCUT2D eigenvalue weighted by molar-refractivity contribution is 0.101. The number of hydrogen-bond donors (Lipinski definition) is 1. The summed E-state index contributed by atoms with van der Waals surface area (Å²) in [5, 5.41) is 9.42. The number of anilines is 1. The molecular weight excluding hydrogens is 220 g/mol. The Bertz CT molecular complexity index is 471. The Balaban J connectivity index is 2.17. The van der Waals surface area contributed by atoms with Crippen molar-refractivity contribution in [2.75, 3.05) is 5.32 Å². The average molecular weight is 225 g/mol. The van der Waals surface area contributed by atoms with E-state index >= 15 is 0 Å². The smallest absolute Gasteiger partial charge is 0.279 e. The Morgan fingerprint density at radius 1 is 1.53 bits per heavy atom. The molecule has 0 aliphatic carbocycles. The van der Waals surface area contributed by atoms with E-state index in [1.54, 1.807) is 12.1 Å². The van der Waals surface area contributed by atoms with Crippen molar-refractivity contribution in [1.82, 2.24) is 15.3 Å². The van der Waals surface area contributed by atoms with Crippen LogP contribution in [0, 0.1) is 0 Å². The number of amides is 1. The molecule has 0 fully saturated rings. The van der Waals surface area contributed by atoms with Gasteiger partial charge in [-0.15, -0.1) is 0 Å². The fraction of sp³-hybridized carbons (Fsp3) is 0. The van der Waals surface area contributed by atoms with Crippen LogP contribution in [0.25, 0.3) is 0 Å². The van der Waals surface area contributed by atoms with E-state index in [0.29, 0.717) is 5.69 Å². The molecule has 2 aromatic heterocycles. The molecular formula is C8H5ClN4O2. The standard InChI is InChI=1S/C8H5ClN4O2/c9-7-5(2-1-3-10-7)12-8(14)6-4-11-15-13-6/h1-4H,(H,12,14). The van der Waals surface area contributed by atoms with Gasteiger partial charge in [-0.25, -0.2) is 9.61 Å². The summed E-state index contributed by atoms with van der Waals surface area (Å²) in [6.45, 7) is 0. The first kappa shape index (κ1) is 9.60. The molecule has 2 heterocycles. The second-order valence-electron chi connectivity index (χ2n) is 2.59. The van der Waals surface area contributed by atoms with E-state index in [-0.39, 0.29) is 10.8 Å². The van der Waals surface area contributed by atoms with Crippen molar-refractivity contribution in [2.45, 2.75) is 0 Å². The van der Waals surface area contributed by atoms with E-state index in [4.69, 9.17) is 11.6 Å². The maximum absolute atomic E-state index is 11.5. The van der Waals surface area contributed by atoms with Crippen LogP contribution >= 0.6 is 11.6 Å². The summed E-state index contributed by atoms with van der Waals surface area (Å²) in [4.78, 5) is 15.3. The number of nitrogens with zero attached hydrogens (tertiary/aromatic N) is 3. The molecule has 0 aliphatic rings. The summed E-state index contributed by atoms with van der Waals surface area (Å²) in [6, 6.07) is 3.28. The number of rotatable bonds is 2. The lowest BCUT2D eigenvalue weighted by atomic mass is 10.4. The minimum Gasteiger partial charge on any atom is -0.318 e. The molecule has 0 atom stereocenters. The fourth-order valence-electron chi connectivity index (χ4n) is 0.930. The van der Waals surface area contributed by atoms with E-state index in [9.17, 15) is 4.79 Å². The second-order valence-corrected chi connectivity index (χ2v) is 2.95. The average Bonchev–Trinajstić information content (AvgIpc) is 2.74. The van der Waals surface area contributed by atoms with Crippen LogP contribution in [0.3, 0.4) is 0 Å². The number of aromatic nitrogens is 3. The summed E-state index contributed by atoms with van der Waals surface area (Å²) in [5.74, 6) is -0.453. The van der Waals surface area contributed by atoms with Crippen molar-refractivity contribution < 1.29 is 9.42 Å². The Kier molecular flexibility index (Phi) is 2.59. The molecule has 0 unspecified atom stereocenters. The first-order valence-corrected chi connectivity index (χ1v) is 4.34. The van der Waals surface area contributed by atoms with Crippen LogP contribution in [0.15, 0.2) is 29.2 Å². The van der Waals surface area contributed by atoms with E-state index in [1.807, 2.05) is 0 Å². The van der Waals surface area contributed by atoms with Crippen LogP contribution in [0.5, 0.6) is 0 Å².